The van der Waals surface area contributed by atoms with E-state index in [0.717, 1.165) is 5.56 Å². The molecule has 0 aromatic heterocycles. The van der Waals surface area contributed by atoms with Crippen LogP contribution in [0.1, 0.15) is 26.3 Å². The molecule has 140 valence electrons. The second-order valence-corrected chi connectivity index (χ2v) is 6.40. The largest absolute Gasteiger partial charge is 0.336 e. The first-order valence-corrected chi connectivity index (χ1v) is 8.81. The van der Waals surface area contributed by atoms with Crippen LogP contribution in [0.3, 0.4) is 0 Å². The highest BCUT2D eigenvalue weighted by molar-refractivity contribution is 5.95. The quantitative estimate of drug-likeness (QED) is 0.796. The van der Waals surface area contributed by atoms with Crippen LogP contribution in [0, 0.1) is 6.92 Å². The molecule has 0 radical (unpaired) electrons. The topological polar surface area (TPSA) is 81.8 Å². The Balaban J connectivity index is 1.46. The van der Waals surface area contributed by atoms with Crippen LogP contribution in [-0.2, 0) is 0 Å². The van der Waals surface area contributed by atoms with Crippen molar-refractivity contribution >= 4 is 17.8 Å². The number of benzene rings is 2. The third-order valence-electron chi connectivity index (χ3n) is 4.47. The molecule has 2 N–H and O–H groups in total. The van der Waals surface area contributed by atoms with Gasteiger partial charge in [0, 0.05) is 37.3 Å². The lowest BCUT2D eigenvalue weighted by molar-refractivity contribution is 0.0662. The highest BCUT2D eigenvalue weighted by Gasteiger charge is 2.25. The van der Waals surface area contributed by atoms with Gasteiger partial charge < -0.3 is 9.80 Å². The highest BCUT2D eigenvalue weighted by Crippen LogP contribution is 2.09. The molecule has 0 bridgehead atoms. The number of carbonyl (C=O) groups excluding carboxylic acids is 3. The molecule has 1 fully saturated rings. The van der Waals surface area contributed by atoms with Gasteiger partial charge in [-0.2, -0.15) is 0 Å². The van der Waals surface area contributed by atoms with E-state index in [9.17, 15) is 14.4 Å². The molecule has 1 heterocycles. The first-order chi connectivity index (χ1) is 13.0. The highest BCUT2D eigenvalue weighted by atomic mass is 16.2. The van der Waals surface area contributed by atoms with Crippen molar-refractivity contribution in [2.75, 3.05) is 26.2 Å². The Bertz CT molecular complexity index is 813. The second kappa shape index (κ2) is 8.35. The lowest BCUT2D eigenvalue weighted by Crippen LogP contribution is -2.56. The minimum absolute atomic E-state index is 0.0386. The fourth-order valence-electron chi connectivity index (χ4n) is 2.84. The van der Waals surface area contributed by atoms with E-state index in [-0.39, 0.29) is 17.8 Å². The SMILES string of the molecule is Cc1ccc(C(=O)NNC(=O)N2CCN(C(=O)c3ccccc3)CC2)cc1. The molecule has 2 aromatic carbocycles. The van der Waals surface area contributed by atoms with Gasteiger partial charge in [0.05, 0.1) is 0 Å². The number of hydrogen-bond acceptors (Lipinski definition) is 3. The minimum Gasteiger partial charge on any atom is -0.335 e. The van der Waals surface area contributed by atoms with Gasteiger partial charge in [-0.15, -0.1) is 0 Å². The summed E-state index contributed by atoms with van der Waals surface area (Å²) < 4.78 is 0. The summed E-state index contributed by atoms with van der Waals surface area (Å²) in [5, 5.41) is 0. The Morgan fingerprint density at radius 2 is 1.33 bits per heavy atom. The van der Waals surface area contributed by atoms with Crippen molar-refractivity contribution in [1.29, 1.82) is 0 Å². The van der Waals surface area contributed by atoms with Crippen molar-refractivity contribution < 1.29 is 14.4 Å². The summed E-state index contributed by atoms with van der Waals surface area (Å²) in [6, 6.07) is 15.8. The summed E-state index contributed by atoms with van der Waals surface area (Å²) >= 11 is 0. The Labute approximate surface area is 157 Å². The summed E-state index contributed by atoms with van der Waals surface area (Å²) in [5.41, 5.74) is 7.00. The number of hydrazine groups is 1. The number of hydrogen-bond donors (Lipinski definition) is 2. The van der Waals surface area contributed by atoms with Crippen molar-refractivity contribution in [3.63, 3.8) is 0 Å². The monoisotopic (exact) mass is 366 g/mol. The molecule has 0 atom stereocenters. The van der Waals surface area contributed by atoms with Crippen LogP contribution in [0.25, 0.3) is 0 Å². The van der Waals surface area contributed by atoms with Crippen molar-refractivity contribution in [1.82, 2.24) is 20.7 Å². The predicted octanol–water partition coefficient (Wildman–Crippen LogP) is 1.81. The first-order valence-electron chi connectivity index (χ1n) is 8.81. The average Bonchev–Trinajstić information content (AvgIpc) is 2.72. The Morgan fingerprint density at radius 3 is 1.96 bits per heavy atom. The molecule has 3 rings (SSSR count). The standard InChI is InChI=1S/C20H22N4O3/c1-15-7-9-16(10-8-15)18(25)21-22-20(27)24-13-11-23(12-14-24)19(26)17-5-3-2-4-6-17/h2-10H,11-14H2,1H3,(H,21,25)(H,22,27). The summed E-state index contributed by atoms with van der Waals surface area (Å²) in [5.74, 6) is -0.412. The lowest BCUT2D eigenvalue weighted by Gasteiger charge is -2.34. The Kier molecular flexibility index (Phi) is 5.71. The molecule has 1 aliphatic heterocycles. The van der Waals surface area contributed by atoms with Crippen molar-refractivity contribution in [3.05, 3.63) is 71.3 Å². The summed E-state index contributed by atoms with van der Waals surface area (Å²) in [6.07, 6.45) is 0. The Morgan fingerprint density at radius 1 is 0.741 bits per heavy atom. The molecule has 0 spiro atoms. The maximum atomic E-state index is 12.4. The number of nitrogens with one attached hydrogen (secondary N) is 2. The smallest absolute Gasteiger partial charge is 0.335 e. The van der Waals surface area contributed by atoms with Crippen molar-refractivity contribution in [2.24, 2.45) is 0 Å². The van der Waals surface area contributed by atoms with Gasteiger partial charge in [0.15, 0.2) is 0 Å². The molecule has 0 unspecified atom stereocenters. The van der Waals surface area contributed by atoms with Crippen LogP contribution >= 0.6 is 0 Å². The van der Waals surface area contributed by atoms with E-state index in [0.29, 0.717) is 37.3 Å². The molecule has 7 heteroatoms. The summed E-state index contributed by atoms with van der Waals surface area (Å²) in [4.78, 5) is 40.0. The number of rotatable bonds is 2. The number of carbonyl (C=O) groups is 3. The zero-order valence-corrected chi connectivity index (χ0v) is 15.1. The molecule has 27 heavy (non-hydrogen) atoms. The van der Waals surface area contributed by atoms with Gasteiger partial charge in [0.25, 0.3) is 11.8 Å². The Hall–Kier alpha value is -3.35. The van der Waals surface area contributed by atoms with Crippen LogP contribution in [0.15, 0.2) is 54.6 Å². The van der Waals surface area contributed by atoms with Crippen LogP contribution in [-0.4, -0.2) is 53.8 Å². The van der Waals surface area contributed by atoms with E-state index >= 15 is 0 Å². The number of piperazine rings is 1. The van der Waals surface area contributed by atoms with Crippen molar-refractivity contribution in [3.8, 4) is 0 Å². The van der Waals surface area contributed by atoms with Gasteiger partial charge in [0.2, 0.25) is 0 Å². The fraction of sp³-hybridized carbons (Fsp3) is 0.250. The van der Waals surface area contributed by atoms with E-state index in [4.69, 9.17) is 0 Å². The van der Waals surface area contributed by atoms with Crippen LogP contribution in [0.2, 0.25) is 0 Å². The van der Waals surface area contributed by atoms with Gasteiger partial charge in [-0.3, -0.25) is 15.0 Å². The van der Waals surface area contributed by atoms with Gasteiger partial charge in [0.1, 0.15) is 0 Å². The molecule has 2 aromatic rings. The molecular formula is C20H22N4O3. The number of urea groups is 1. The molecule has 1 saturated heterocycles. The second-order valence-electron chi connectivity index (χ2n) is 6.40. The molecule has 1 aliphatic rings. The summed E-state index contributed by atoms with van der Waals surface area (Å²) in [7, 11) is 0. The van der Waals surface area contributed by atoms with Gasteiger partial charge in [-0.05, 0) is 31.2 Å². The number of nitrogens with zero attached hydrogens (tertiary/aromatic N) is 2. The lowest BCUT2D eigenvalue weighted by atomic mass is 10.1. The third kappa shape index (κ3) is 4.63. The van der Waals surface area contributed by atoms with E-state index < -0.39 is 0 Å². The van der Waals surface area contributed by atoms with E-state index in [1.807, 2.05) is 37.3 Å². The molecule has 0 aliphatic carbocycles. The third-order valence-corrected chi connectivity index (χ3v) is 4.47. The van der Waals surface area contributed by atoms with Gasteiger partial charge in [-0.1, -0.05) is 35.9 Å². The summed E-state index contributed by atoms with van der Waals surface area (Å²) in [6.45, 7) is 3.65. The van der Waals surface area contributed by atoms with E-state index in [1.54, 1.807) is 34.1 Å². The van der Waals surface area contributed by atoms with Crippen LogP contribution in [0.4, 0.5) is 4.79 Å². The van der Waals surface area contributed by atoms with Crippen LogP contribution in [0.5, 0.6) is 0 Å². The fourth-order valence-corrected chi connectivity index (χ4v) is 2.84. The van der Waals surface area contributed by atoms with E-state index in [2.05, 4.69) is 10.9 Å². The number of amides is 4. The molecule has 4 amide bonds. The van der Waals surface area contributed by atoms with Crippen LogP contribution < -0.4 is 10.9 Å². The molecule has 0 saturated carbocycles. The van der Waals surface area contributed by atoms with Gasteiger partial charge in [-0.25, -0.2) is 10.2 Å². The zero-order valence-electron chi connectivity index (χ0n) is 15.1. The van der Waals surface area contributed by atoms with Crippen molar-refractivity contribution in [2.45, 2.75) is 6.92 Å². The van der Waals surface area contributed by atoms with E-state index in [1.165, 1.54) is 0 Å². The minimum atomic E-state index is -0.387. The molecular weight excluding hydrogens is 344 g/mol. The normalized spacial score (nSPS) is 13.8. The zero-order chi connectivity index (χ0) is 19.2. The maximum Gasteiger partial charge on any atom is 0.336 e. The molecule has 7 nitrogen and oxygen atoms in total. The number of aryl methyl sites for hydroxylation is 1. The average molecular weight is 366 g/mol. The predicted molar refractivity (Wildman–Crippen MR) is 101 cm³/mol. The van der Waals surface area contributed by atoms with Gasteiger partial charge >= 0.3 is 6.03 Å². The maximum absolute atomic E-state index is 12.4. The first kappa shape index (κ1) is 18.4.